The van der Waals surface area contributed by atoms with Gasteiger partial charge in [0.1, 0.15) is 5.75 Å². The first-order chi connectivity index (χ1) is 10.5. The van der Waals surface area contributed by atoms with E-state index in [1.54, 1.807) is 0 Å². The molecule has 0 spiro atoms. The summed E-state index contributed by atoms with van der Waals surface area (Å²) in [4.78, 5) is 17.2. The number of nitrogens with one attached hydrogen (secondary N) is 1. The SMILES string of the molecule is CCCC(=O)Oc1ccc2[nH]cc(CCN(C)C(C)C)c2c1. The van der Waals surface area contributed by atoms with Crippen LogP contribution in [0.5, 0.6) is 5.75 Å². The lowest BCUT2D eigenvalue weighted by molar-refractivity contribution is -0.134. The third-order valence-electron chi connectivity index (χ3n) is 4.04. The molecule has 1 heterocycles. The summed E-state index contributed by atoms with van der Waals surface area (Å²) in [6.45, 7) is 7.37. The van der Waals surface area contributed by atoms with Gasteiger partial charge in [0.2, 0.25) is 0 Å². The molecule has 0 bridgehead atoms. The first-order valence-corrected chi connectivity index (χ1v) is 8.02. The molecule has 22 heavy (non-hydrogen) atoms. The smallest absolute Gasteiger partial charge is 0.311 e. The van der Waals surface area contributed by atoms with Gasteiger partial charge in [0.05, 0.1) is 0 Å². The topological polar surface area (TPSA) is 45.3 Å². The Kier molecular flexibility index (Phi) is 5.61. The van der Waals surface area contributed by atoms with Crippen LogP contribution in [0.25, 0.3) is 10.9 Å². The zero-order valence-electron chi connectivity index (χ0n) is 14.0. The lowest BCUT2D eigenvalue weighted by atomic mass is 10.1. The zero-order valence-corrected chi connectivity index (χ0v) is 14.0. The first kappa shape index (κ1) is 16.6. The lowest BCUT2D eigenvalue weighted by Gasteiger charge is -2.20. The lowest BCUT2D eigenvalue weighted by Crippen LogP contribution is -2.28. The number of benzene rings is 1. The Labute approximate surface area is 132 Å². The van der Waals surface area contributed by atoms with E-state index in [1.165, 1.54) is 5.56 Å². The van der Waals surface area contributed by atoms with Gasteiger partial charge >= 0.3 is 5.97 Å². The van der Waals surface area contributed by atoms with Crippen LogP contribution in [0.3, 0.4) is 0 Å². The van der Waals surface area contributed by atoms with Gasteiger partial charge in [0.15, 0.2) is 0 Å². The predicted octanol–water partition coefficient (Wildman–Crippen LogP) is 3.76. The van der Waals surface area contributed by atoms with Gasteiger partial charge in [-0.15, -0.1) is 0 Å². The molecule has 0 aliphatic rings. The first-order valence-electron chi connectivity index (χ1n) is 8.02. The van der Waals surface area contributed by atoms with Crippen molar-refractivity contribution in [1.29, 1.82) is 0 Å². The Balaban J connectivity index is 2.13. The fourth-order valence-corrected chi connectivity index (χ4v) is 2.37. The summed E-state index contributed by atoms with van der Waals surface area (Å²) in [7, 11) is 2.14. The molecule has 0 fully saturated rings. The number of aromatic nitrogens is 1. The summed E-state index contributed by atoms with van der Waals surface area (Å²) in [6, 6.07) is 6.32. The van der Waals surface area contributed by atoms with Gasteiger partial charge in [-0.25, -0.2) is 0 Å². The Morgan fingerprint density at radius 1 is 1.36 bits per heavy atom. The molecule has 1 aromatic heterocycles. The third-order valence-corrected chi connectivity index (χ3v) is 4.04. The fourth-order valence-electron chi connectivity index (χ4n) is 2.37. The van der Waals surface area contributed by atoms with E-state index in [4.69, 9.17) is 4.74 Å². The molecule has 120 valence electrons. The second-order valence-corrected chi connectivity index (χ2v) is 6.07. The van der Waals surface area contributed by atoms with Crippen molar-refractivity contribution in [2.45, 2.75) is 46.1 Å². The second kappa shape index (κ2) is 7.45. The van der Waals surface area contributed by atoms with Crippen LogP contribution in [-0.4, -0.2) is 35.5 Å². The number of carbonyl (C=O) groups excluding carboxylic acids is 1. The van der Waals surface area contributed by atoms with Gasteiger partial charge in [0.25, 0.3) is 0 Å². The van der Waals surface area contributed by atoms with Crippen LogP contribution in [0.4, 0.5) is 0 Å². The van der Waals surface area contributed by atoms with Crippen LogP contribution in [0.2, 0.25) is 0 Å². The quantitative estimate of drug-likeness (QED) is 0.626. The number of carbonyl (C=O) groups is 1. The number of nitrogens with zero attached hydrogens (tertiary/aromatic N) is 1. The van der Waals surface area contributed by atoms with Crippen LogP contribution in [0, 0.1) is 0 Å². The fraction of sp³-hybridized carbons (Fsp3) is 0.500. The second-order valence-electron chi connectivity index (χ2n) is 6.07. The van der Waals surface area contributed by atoms with E-state index in [2.05, 4.69) is 37.0 Å². The summed E-state index contributed by atoms with van der Waals surface area (Å²) in [5.41, 5.74) is 2.34. The third kappa shape index (κ3) is 4.10. The molecule has 0 saturated carbocycles. The van der Waals surface area contributed by atoms with Crippen LogP contribution in [-0.2, 0) is 11.2 Å². The van der Waals surface area contributed by atoms with E-state index in [0.717, 1.165) is 30.3 Å². The maximum absolute atomic E-state index is 11.6. The summed E-state index contributed by atoms with van der Waals surface area (Å²) >= 11 is 0. The average Bonchev–Trinajstić information content (AvgIpc) is 2.87. The van der Waals surface area contributed by atoms with Crippen LogP contribution in [0.1, 0.15) is 39.2 Å². The standard InChI is InChI=1S/C18H26N2O2/c1-5-6-18(21)22-15-7-8-17-16(11-15)14(12-19-17)9-10-20(4)13(2)3/h7-8,11-13,19H,5-6,9-10H2,1-4H3. The monoisotopic (exact) mass is 302 g/mol. The Bertz CT molecular complexity index is 631. The largest absolute Gasteiger partial charge is 0.427 e. The minimum Gasteiger partial charge on any atom is -0.427 e. The zero-order chi connectivity index (χ0) is 16.1. The van der Waals surface area contributed by atoms with E-state index in [-0.39, 0.29) is 5.97 Å². The summed E-state index contributed by atoms with van der Waals surface area (Å²) < 4.78 is 5.39. The Hall–Kier alpha value is -1.81. The highest BCUT2D eigenvalue weighted by atomic mass is 16.5. The van der Waals surface area contributed by atoms with Crippen molar-refractivity contribution < 1.29 is 9.53 Å². The van der Waals surface area contributed by atoms with Crippen molar-refractivity contribution in [3.05, 3.63) is 30.0 Å². The van der Waals surface area contributed by atoms with Gasteiger partial charge in [0, 0.05) is 36.1 Å². The molecule has 2 rings (SSSR count). The molecule has 0 unspecified atom stereocenters. The molecule has 0 amide bonds. The van der Waals surface area contributed by atoms with Crippen molar-refractivity contribution >= 4 is 16.9 Å². The molecule has 0 saturated heterocycles. The molecule has 0 radical (unpaired) electrons. The van der Waals surface area contributed by atoms with Gasteiger partial charge in [-0.3, -0.25) is 4.79 Å². The maximum atomic E-state index is 11.6. The Morgan fingerprint density at radius 2 is 2.14 bits per heavy atom. The molecule has 1 aromatic carbocycles. The van der Waals surface area contributed by atoms with E-state index >= 15 is 0 Å². The molecular formula is C18H26N2O2. The van der Waals surface area contributed by atoms with Crippen LogP contribution < -0.4 is 4.74 Å². The number of hydrogen-bond donors (Lipinski definition) is 1. The number of esters is 1. The molecule has 0 aliphatic carbocycles. The normalized spacial score (nSPS) is 11.5. The molecular weight excluding hydrogens is 276 g/mol. The average molecular weight is 302 g/mol. The predicted molar refractivity (Wildman–Crippen MR) is 90.3 cm³/mol. The maximum Gasteiger partial charge on any atom is 0.311 e. The van der Waals surface area contributed by atoms with Crippen molar-refractivity contribution in [1.82, 2.24) is 9.88 Å². The van der Waals surface area contributed by atoms with Crippen molar-refractivity contribution in [3.63, 3.8) is 0 Å². The number of hydrogen-bond acceptors (Lipinski definition) is 3. The Morgan fingerprint density at radius 3 is 2.82 bits per heavy atom. The van der Waals surface area contributed by atoms with Crippen molar-refractivity contribution in [2.75, 3.05) is 13.6 Å². The van der Waals surface area contributed by atoms with E-state index in [0.29, 0.717) is 18.2 Å². The number of H-pyrrole nitrogens is 1. The molecule has 4 heteroatoms. The van der Waals surface area contributed by atoms with Crippen molar-refractivity contribution in [3.8, 4) is 5.75 Å². The highest BCUT2D eigenvalue weighted by Crippen LogP contribution is 2.24. The summed E-state index contributed by atoms with van der Waals surface area (Å²) in [5, 5.41) is 1.14. The van der Waals surface area contributed by atoms with Gasteiger partial charge in [-0.1, -0.05) is 6.92 Å². The molecule has 4 nitrogen and oxygen atoms in total. The van der Waals surface area contributed by atoms with E-state index in [1.807, 2.05) is 25.1 Å². The molecule has 2 aromatic rings. The number of fused-ring (bicyclic) bond motifs is 1. The van der Waals surface area contributed by atoms with Crippen LogP contribution in [0.15, 0.2) is 24.4 Å². The summed E-state index contributed by atoms with van der Waals surface area (Å²) in [5.74, 6) is 0.461. The minimum atomic E-state index is -0.168. The minimum absolute atomic E-state index is 0.168. The molecule has 0 aliphatic heterocycles. The van der Waals surface area contributed by atoms with E-state index < -0.39 is 0 Å². The van der Waals surface area contributed by atoms with Gasteiger partial charge < -0.3 is 14.6 Å². The highest BCUT2D eigenvalue weighted by Gasteiger charge is 2.10. The number of ether oxygens (including phenoxy) is 1. The summed E-state index contributed by atoms with van der Waals surface area (Å²) in [6.07, 6.45) is 4.28. The molecule has 0 atom stereocenters. The molecule has 1 N–H and O–H groups in total. The van der Waals surface area contributed by atoms with E-state index in [9.17, 15) is 4.79 Å². The number of aromatic amines is 1. The van der Waals surface area contributed by atoms with Crippen molar-refractivity contribution in [2.24, 2.45) is 0 Å². The van der Waals surface area contributed by atoms with Gasteiger partial charge in [-0.05, 0) is 57.5 Å². The highest BCUT2D eigenvalue weighted by molar-refractivity contribution is 5.85. The van der Waals surface area contributed by atoms with Crippen LogP contribution >= 0.6 is 0 Å². The van der Waals surface area contributed by atoms with Gasteiger partial charge in [-0.2, -0.15) is 0 Å². The number of rotatable bonds is 7. The number of likely N-dealkylation sites (N-methyl/N-ethyl adjacent to an activating group) is 1.